The van der Waals surface area contributed by atoms with Crippen LogP contribution < -0.4 is 19.5 Å². The van der Waals surface area contributed by atoms with Crippen LogP contribution in [0.3, 0.4) is 0 Å². The third-order valence-corrected chi connectivity index (χ3v) is 5.84. The van der Waals surface area contributed by atoms with E-state index in [0.29, 0.717) is 38.9 Å². The van der Waals surface area contributed by atoms with Crippen LogP contribution in [-0.4, -0.2) is 39.8 Å². The van der Waals surface area contributed by atoms with Gasteiger partial charge in [0.15, 0.2) is 11.5 Å². The van der Waals surface area contributed by atoms with Crippen molar-refractivity contribution < 1.29 is 28.5 Å². The van der Waals surface area contributed by atoms with E-state index in [-0.39, 0.29) is 12.5 Å². The van der Waals surface area contributed by atoms with Gasteiger partial charge in [0.1, 0.15) is 16.3 Å². The highest BCUT2D eigenvalue weighted by molar-refractivity contribution is 7.17. The van der Waals surface area contributed by atoms with E-state index in [1.807, 2.05) is 13.0 Å². The number of amides is 1. The number of benzene rings is 2. The van der Waals surface area contributed by atoms with Gasteiger partial charge in [-0.05, 0) is 55.8 Å². The normalized spacial score (nSPS) is 10.4. The zero-order chi connectivity index (χ0) is 23.3. The second-order valence-electron chi connectivity index (χ2n) is 6.71. The van der Waals surface area contributed by atoms with E-state index in [1.54, 1.807) is 64.7 Å². The maximum absolute atomic E-state index is 12.9. The Labute approximate surface area is 190 Å². The van der Waals surface area contributed by atoms with Crippen LogP contribution in [0.2, 0.25) is 0 Å². The largest absolute Gasteiger partial charge is 0.497 e. The van der Waals surface area contributed by atoms with Crippen molar-refractivity contribution in [3.8, 4) is 28.4 Å². The van der Waals surface area contributed by atoms with Gasteiger partial charge < -0.3 is 24.3 Å². The van der Waals surface area contributed by atoms with Crippen molar-refractivity contribution in [3.63, 3.8) is 0 Å². The third kappa shape index (κ3) is 4.70. The van der Waals surface area contributed by atoms with Gasteiger partial charge in [-0.15, -0.1) is 11.3 Å². The van der Waals surface area contributed by atoms with Gasteiger partial charge in [0.25, 0.3) is 5.91 Å². The van der Waals surface area contributed by atoms with E-state index in [1.165, 1.54) is 11.3 Å². The number of methoxy groups -OCH3 is 3. The lowest BCUT2D eigenvalue weighted by molar-refractivity contribution is 0.0529. The first kappa shape index (κ1) is 23.1. The van der Waals surface area contributed by atoms with Crippen LogP contribution in [-0.2, 0) is 4.74 Å². The number of esters is 1. The van der Waals surface area contributed by atoms with E-state index in [4.69, 9.17) is 18.9 Å². The third-order valence-electron chi connectivity index (χ3n) is 4.82. The molecule has 168 valence electrons. The molecule has 1 N–H and O–H groups in total. The maximum Gasteiger partial charge on any atom is 0.341 e. The van der Waals surface area contributed by atoms with Gasteiger partial charge in [-0.25, -0.2) is 4.79 Å². The second kappa shape index (κ2) is 10.2. The first-order chi connectivity index (χ1) is 15.4. The van der Waals surface area contributed by atoms with Crippen LogP contribution in [0.4, 0.5) is 5.00 Å². The van der Waals surface area contributed by atoms with Crippen molar-refractivity contribution in [2.45, 2.75) is 13.8 Å². The van der Waals surface area contributed by atoms with Gasteiger partial charge in [0.05, 0.1) is 27.9 Å². The molecular weight excluding hydrogens is 430 g/mol. The molecule has 0 unspecified atom stereocenters. The number of thiophene rings is 1. The van der Waals surface area contributed by atoms with E-state index in [2.05, 4.69) is 5.32 Å². The molecule has 3 rings (SSSR count). The average Bonchev–Trinajstić information content (AvgIpc) is 3.14. The predicted octanol–water partition coefficient (Wildman–Crippen LogP) is 5.18. The fourth-order valence-corrected chi connectivity index (χ4v) is 4.35. The molecule has 3 aromatic rings. The van der Waals surface area contributed by atoms with Crippen LogP contribution in [0.5, 0.6) is 17.2 Å². The summed E-state index contributed by atoms with van der Waals surface area (Å²) in [6, 6.07) is 12.1. The zero-order valence-corrected chi connectivity index (χ0v) is 19.4. The minimum Gasteiger partial charge on any atom is -0.497 e. The molecule has 0 spiro atoms. The monoisotopic (exact) mass is 455 g/mol. The summed E-state index contributed by atoms with van der Waals surface area (Å²) in [5.74, 6) is 0.922. The Bertz CT molecular complexity index is 1120. The Morgan fingerprint density at radius 2 is 1.62 bits per heavy atom. The van der Waals surface area contributed by atoms with E-state index >= 15 is 0 Å². The number of rotatable bonds is 8. The van der Waals surface area contributed by atoms with Crippen LogP contribution >= 0.6 is 11.3 Å². The minimum atomic E-state index is -0.508. The fourth-order valence-electron chi connectivity index (χ4n) is 3.29. The molecule has 1 heterocycles. The lowest BCUT2D eigenvalue weighted by atomic mass is 10.0. The number of nitrogens with one attached hydrogen (secondary N) is 1. The summed E-state index contributed by atoms with van der Waals surface area (Å²) >= 11 is 1.31. The molecule has 0 aliphatic carbocycles. The molecule has 0 aliphatic heterocycles. The molecule has 32 heavy (non-hydrogen) atoms. The molecule has 0 saturated carbocycles. The minimum absolute atomic E-state index is 0.213. The fraction of sp³-hybridized carbons (Fsp3) is 0.250. The summed E-state index contributed by atoms with van der Waals surface area (Å²) in [6.45, 7) is 3.84. The maximum atomic E-state index is 12.9. The summed E-state index contributed by atoms with van der Waals surface area (Å²) in [5, 5.41) is 3.29. The number of anilines is 1. The number of carbonyl (C=O) groups is 2. The van der Waals surface area contributed by atoms with Crippen molar-refractivity contribution in [3.05, 3.63) is 58.5 Å². The molecule has 1 amide bonds. The Balaban J connectivity index is 2.06. The number of hydrogen-bond donors (Lipinski definition) is 1. The molecule has 0 aliphatic rings. The second-order valence-corrected chi connectivity index (χ2v) is 7.93. The molecule has 0 fully saturated rings. The van der Waals surface area contributed by atoms with Gasteiger partial charge in [-0.3, -0.25) is 4.79 Å². The average molecular weight is 456 g/mol. The number of aryl methyl sites for hydroxylation is 1. The summed E-state index contributed by atoms with van der Waals surface area (Å²) in [4.78, 5) is 26.6. The first-order valence-corrected chi connectivity index (χ1v) is 10.7. The summed E-state index contributed by atoms with van der Waals surface area (Å²) < 4.78 is 21.2. The van der Waals surface area contributed by atoms with Crippen LogP contribution in [0.25, 0.3) is 11.1 Å². The van der Waals surface area contributed by atoms with Gasteiger partial charge in [-0.2, -0.15) is 0 Å². The summed E-state index contributed by atoms with van der Waals surface area (Å²) in [5.41, 5.74) is 2.19. The summed E-state index contributed by atoms with van der Waals surface area (Å²) in [6.07, 6.45) is 0. The Kier molecular flexibility index (Phi) is 7.37. The molecule has 8 heteroatoms. The molecule has 0 radical (unpaired) electrons. The van der Waals surface area contributed by atoms with Crippen molar-refractivity contribution in [1.29, 1.82) is 0 Å². The number of carbonyl (C=O) groups excluding carboxylic acids is 2. The number of ether oxygens (including phenoxy) is 4. The highest BCUT2D eigenvalue weighted by Crippen LogP contribution is 2.43. The molecule has 2 aromatic carbocycles. The molecule has 7 nitrogen and oxygen atoms in total. The van der Waals surface area contributed by atoms with Crippen LogP contribution in [0.1, 0.15) is 32.5 Å². The predicted molar refractivity (Wildman–Crippen MR) is 124 cm³/mol. The van der Waals surface area contributed by atoms with Crippen molar-refractivity contribution >= 4 is 28.2 Å². The Morgan fingerprint density at radius 1 is 0.938 bits per heavy atom. The van der Waals surface area contributed by atoms with Crippen LogP contribution in [0, 0.1) is 6.92 Å². The lowest BCUT2D eigenvalue weighted by Gasteiger charge is -2.12. The molecule has 0 bridgehead atoms. The van der Waals surface area contributed by atoms with E-state index < -0.39 is 5.97 Å². The smallest absolute Gasteiger partial charge is 0.341 e. The van der Waals surface area contributed by atoms with Gasteiger partial charge in [-0.1, -0.05) is 6.07 Å². The highest BCUT2D eigenvalue weighted by Gasteiger charge is 2.26. The Hall–Kier alpha value is -3.52. The highest BCUT2D eigenvalue weighted by atomic mass is 32.1. The zero-order valence-electron chi connectivity index (χ0n) is 18.6. The quantitative estimate of drug-likeness (QED) is 0.472. The van der Waals surface area contributed by atoms with Gasteiger partial charge >= 0.3 is 5.97 Å². The molecule has 1 aromatic heterocycles. The lowest BCUT2D eigenvalue weighted by Crippen LogP contribution is -2.14. The van der Waals surface area contributed by atoms with E-state index in [0.717, 1.165) is 10.4 Å². The van der Waals surface area contributed by atoms with Gasteiger partial charge in [0, 0.05) is 16.0 Å². The number of hydrogen-bond acceptors (Lipinski definition) is 7. The van der Waals surface area contributed by atoms with Crippen LogP contribution in [0.15, 0.2) is 42.5 Å². The molecule has 0 saturated heterocycles. The van der Waals surface area contributed by atoms with E-state index in [9.17, 15) is 9.59 Å². The summed E-state index contributed by atoms with van der Waals surface area (Å²) in [7, 11) is 4.67. The molecular formula is C24H25NO6S. The van der Waals surface area contributed by atoms with Crippen molar-refractivity contribution in [2.24, 2.45) is 0 Å². The van der Waals surface area contributed by atoms with Crippen molar-refractivity contribution in [1.82, 2.24) is 0 Å². The van der Waals surface area contributed by atoms with Gasteiger partial charge in [0.2, 0.25) is 0 Å². The topological polar surface area (TPSA) is 83.1 Å². The van der Waals surface area contributed by atoms with Crippen molar-refractivity contribution in [2.75, 3.05) is 33.3 Å². The Morgan fingerprint density at radius 3 is 2.22 bits per heavy atom. The standard InChI is InChI=1S/C24H25NO6S/c1-6-31-24(27)21-20(16-9-12-18(29-4)19(13-16)30-5)14(2)32-23(21)25-22(26)15-7-10-17(28-3)11-8-15/h7-13H,6H2,1-5H3,(H,25,26). The SMILES string of the molecule is CCOC(=O)c1c(NC(=O)c2ccc(OC)cc2)sc(C)c1-c1ccc(OC)c(OC)c1. The first-order valence-electron chi connectivity index (χ1n) is 9.91. The molecule has 0 atom stereocenters.